The van der Waals surface area contributed by atoms with E-state index in [4.69, 9.17) is 9.84 Å². The third kappa shape index (κ3) is 7.34. The first-order chi connectivity index (χ1) is 16.5. The first-order valence-electron chi connectivity index (χ1n) is 11.0. The molecule has 1 N–H and O–H groups in total. The number of ether oxygens (including phenoxy) is 1. The van der Waals surface area contributed by atoms with Crippen molar-refractivity contribution in [3.63, 3.8) is 0 Å². The number of halogens is 3. The molecule has 0 radical (unpaired) electrons. The summed E-state index contributed by atoms with van der Waals surface area (Å²) in [7, 11) is 1.64. The van der Waals surface area contributed by atoms with Crippen molar-refractivity contribution in [2.45, 2.75) is 32.4 Å². The first-order valence-corrected chi connectivity index (χ1v) is 11.0. The Morgan fingerprint density at radius 3 is 2.26 bits per heavy atom. The van der Waals surface area contributed by atoms with E-state index < -0.39 is 17.7 Å². The summed E-state index contributed by atoms with van der Waals surface area (Å²) in [5.74, 6) is -0.0374. The number of alkyl halides is 3. The summed E-state index contributed by atoms with van der Waals surface area (Å²) in [4.78, 5) is 25.2. The Kier molecular flexibility index (Phi) is 8.17. The highest BCUT2D eigenvalue weighted by Crippen LogP contribution is 2.29. The van der Waals surface area contributed by atoms with Gasteiger partial charge in [-0.05, 0) is 78.9 Å². The summed E-state index contributed by atoms with van der Waals surface area (Å²) in [6, 6.07) is 17.1. The van der Waals surface area contributed by atoms with Crippen molar-refractivity contribution < 1.29 is 32.6 Å². The van der Waals surface area contributed by atoms with E-state index in [0.29, 0.717) is 42.0 Å². The van der Waals surface area contributed by atoms with Crippen LogP contribution >= 0.6 is 0 Å². The van der Waals surface area contributed by atoms with Gasteiger partial charge < -0.3 is 14.7 Å². The highest BCUT2D eigenvalue weighted by molar-refractivity contribution is 5.94. The smallest absolute Gasteiger partial charge is 0.416 e. The second-order valence-electron chi connectivity index (χ2n) is 8.28. The third-order valence-electron chi connectivity index (χ3n) is 5.60. The molecule has 0 aromatic heterocycles. The van der Waals surface area contributed by atoms with Crippen LogP contribution in [-0.2, 0) is 23.8 Å². The fourth-order valence-corrected chi connectivity index (χ4v) is 3.56. The summed E-state index contributed by atoms with van der Waals surface area (Å²) in [5.41, 5.74) is 2.27. The normalized spacial score (nSPS) is 11.2. The molecule has 0 spiro atoms. The van der Waals surface area contributed by atoms with Crippen LogP contribution in [0.2, 0.25) is 0 Å². The molecule has 0 bridgehead atoms. The molecule has 0 heterocycles. The quantitative estimate of drug-likeness (QED) is 0.396. The minimum Gasteiger partial charge on any atom is -0.481 e. The monoisotopic (exact) mass is 485 g/mol. The number of carboxylic acid groups (broad SMARTS) is 1. The number of carboxylic acids is 1. The van der Waals surface area contributed by atoms with Gasteiger partial charge in [0.05, 0.1) is 5.56 Å². The van der Waals surface area contributed by atoms with Gasteiger partial charge in [0, 0.05) is 25.6 Å². The molecule has 0 atom stereocenters. The molecule has 35 heavy (non-hydrogen) atoms. The number of likely N-dealkylation sites (N-methyl/N-ethyl adjacent to an activating group) is 1. The summed E-state index contributed by atoms with van der Waals surface area (Å²) >= 11 is 0. The Morgan fingerprint density at radius 1 is 0.943 bits per heavy atom. The Labute approximate surface area is 201 Å². The van der Waals surface area contributed by atoms with Crippen LogP contribution in [0.15, 0.2) is 66.7 Å². The van der Waals surface area contributed by atoms with Gasteiger partial charge in [-0.25, -0.2) is 0 Å². The maximum atomic E-state index is 12.9. The summed E-state index contributed by atoms with van der Waals surface area (Å²) in [6.45, 7) is 2.22. The van der Waals surface area contributed by atoms with Crippen LogP contribution in [-0.4, -0.2) is 35.5 Å². The maximum Gasteiger partial charge on any atom is 0.416 e. The average molecular weight is 486 g/mol. The van der Waals surface area contributed by atoms with E-state index in [-0.39, 0.29) is 12.3 Å². The number of aliphatic carboxylic acids is 1. The molecule has 0 unspecified atom stereocenters. The van der Waals surface area contributed by atoms with Crippen molar-refractivity contribution in [1.29, 1.82) is 0 Å². The SMILES string of the molecule is Cc1cc(Oc2cccc(C(=O)N(C)CCc3ccc(C(F)(F)F)cc3)c2)ccc1CCC(=O)O. The molecule has 184 valence electrons. The standard InChI is InChI=1S/C27H26F3NO4/c1-18-16-24(12-8-20(18)9-13-25(32)33)35-23-5-3-4-21(17-23)26(34)31(2)15-14-19-6-10-22(11-7-19)27(28,29)30/h3-8,10-12,16-17H,9,13-15H2,1-2H3,(H,32,33). The Balaban J connectivity index is 1.61. The van der Waals surface area contributed by atoms with E-state index >= 15 is 0 Å². The van der Waals surface area contributed by atoms with Crippen LogP contribution in [0.4, 0.5) is 13.2 Å². The number of hydrogen-bond donors (Lipinski definition) is 1. The molecule has 0 fully saturated rings. The lowest BCUT2D eigenvalue weighted by atomic mass is 10.0. The van der Waals surface area contributed by atoms with Crippen molar-refractivity contribution >= 4 is 11.9 Å². The fourth-order valence-electron chi connectivity index (χ4n) is 3.56. The lowest BCUT2D eigenvalue weighted by Crippen LogP contribution is -2.28. The summed E-state index contributed by atoms with van der Waals surface area (Å²) in [6.07, 6.45) is -3.47. The number of hydrogen-bond acceptors (Lipinski definition) is 3. The fraction of sp³-hybridized carbons (Fsp3) is 0.259. The zero-order chi connectivity index (χ0) is 25.6. The molecule has 0 saturated heterocycles. The minimum atomic E-state index is -4.38. The molecule has 3 aromatic rings. The van der Waals surface area contributed by atoms with Crippen molar-refractivity contribution in [3.05, 3.63) is 94.5 Å². The first kappa shape index (κ1) is 25.8. The van der Waals surface area contributed by atoms with Gasteiger partial charge in [0.2, 0.25) is 0 Å². The van der Waals surface area contributed by atoms with E-state index in [0.717, 1.165) is 23.3 Å². The van der Waals surface area contributed by atoms with E-state index in [1.54, 1.807) is 37.4 Å². The predicted molar refractivity (Wildman–Crippen MR) is 126 cm³/mol. The molecule has 3 rings (SSSR count). The number of benzene rings is 3. The molecule has 0 aliphatic heterocycles. The van der Waals surface area contributed by atoms with Crippen molar-refractivity contribution in [1.82, 2.24) is 4.90 Å². The van der Waals surface area contributed by atoms with Crippen LogP contribution in [0, 0.1) is 6.92 Å². The lowest BCUT2D eigenvalue weighted by Gasteiger charge is -2.18. The topological polar surface area (TPSA) is 66.8 Å². The van der Waals surface area contributed by atoms with Crippen LogP contribution in [0.5, 0.6) is 11.5 Å². The van der Waals surface area contributed by atoms with Gasteiger partial charge in [0.1, 0.15) is 11.5 Å². The molecular weight excluding hydrogens is 459 g/mol. The van der Waals surface area contributed by atoms with E-state index in [2.05, 4.69) is 0 Å². The number of carbonyl (C=O) groups is 2. The van der Waals surface area contributed by atoms with Gasteiger partial charge in [-0.15, -0.1) is 0 Å². The van der Waals surface area contributed by atoms with Crippen LogP contribution in [0.25, 0.3) is 0 Å². The third-order valence-corrected chi connectivity index (χ3v) is 5.60. The Hall–Kier alpha value is -3.81. The molecule has 0 saturated carbocycles. The lowest BCUT2D eigenvalue weighted by molar-refractivity contribution is -0.138. The van der Waals surface area contributed by atoms with Gasteiger partial charge in [-0.2, -0.15) is 13.2 Å². The molecular formula is C27H26F3NO4. The minimum absolute atomic E-state index is 0.0532. The number of amides is 1. The van der Waals surface area contributed by atoms with E-state index in [1.165, 1.54) is 17.0 Å². The average Bonchev–Trinajstić information content (AvgIpc) is 2.81. The largest absolute Gasteiger partial charge is 0.481 e. The Bertz CT molecular complexity index is 1190. The number of carbonyl (C=O) groups excluding carboxylic acids is 1. The number of aryl methyl sites for hydroxylation is 2. The van der Waals surface area contributed by atoms with Gasteiger partial charge in [0.25, 0.3) is 5.91 Å². The van der Waals surface area contributed by atoms with Crippen LogP contribution in [0.1, 0.15) is 39.0 Å². The molecule has 1 amide bonds. The molecule has 8 heteroatoms. The van der Waals surface area contributed by atoms with E-state index in [9.17, 15) is 22.8 Å². The summed E-state index contributed by atoms with van der Waals surface area (Å²) in [5, 5.41) is 8.86. The van der Waals surface area contributed by atoms with Crippen LogP contribution < -0.4 is 4.74 Å². The maximum absolute atomic E-state index is 12.9. The number of nitrogens with zero attached hydrogens (tertiary/aromatic N) is 1. The van der Waals surface area contributed by atoms with Gasteiger partial charge in [-0.3, -0.25) is 9.59 Å². The predicted octanol–water partition coefficient (Wildman–Crippen LogP) is 6.14. The highest BCUT2D eigenvalue weighted by atomic mass is 19.4. The van der Waals surface area contributed by atoms with Crippen molar-refractivity contribution in [2.24, 2.45) is 0 Å². The van der Waals surface area contributed by atoms with Gasteiger partial charge in [0.15, 0.2) is 0 Å². The van der Waals surface area contributed by atoms with Gasteiger partial charge >= 0.3 is 12.1 Å². The molecule has 0 aliphatic carbocycles. The Morgan fingerprint density at radius 2 is 1.63 bits per heavy atom. The summed E-state index contributed by atoms with van der Waals surface area (Å²) < 4.78 is 44.0. The van der Waals surface area contributed by atoms with E-state index in [1.807, 2.05) is 19.1 Å². The zero-order valence-electron chi connectivity index (χ0n) is 19.4. The van der Waals surface area contributed by atoms with Gasteiger partial charge in [-0.1, -0.05) is 24.3 Å². The van der Waals surface area contributed by atoms with Crippen molar-refractivity contribution in [2.75, 3.05) is 13.6 Å². The molecule has 0 aliphatic rings. The van der Waals surface area contributed by atoms with Crippen molar-refractivity contribution in [3.8, 4) is 11.5 Å². The second kappa shape index (κ2) is 11.1. The highest BCUT2D eigenvalue weighted by Gasteiger charge is 2.29. The number of rotatable bonds is 9. The zero-order valence-corrected chi connectivity index (χ0v) is 19.4. The molecule has 3 aromatic carbocycles. The molecule has 5 nitrogen and oxygen atoms in total. The van der Waals surface area contributed by atoms with Crippen LogP contribution in [0.3, 0.4) is 0 Å². The second-order valence-corrected chi connectivity index (χ2v) is 8.28.